The summed E-state index contributed by atoms with van der Waals surface area (Å²) in [5, 5.41) is 11.0. The molecular formula is C13H11F3N2O3. The SMILES string of the molecule is NCCc1ccc(-c2ccc(C(F)(F)F)cc2[N+](=O)[O-])o1. The number of benzene rings is 1. The van der Waals surface area contributed by atoms with Crippen LogP contribution in [-0.4, -0.2) is 11.5 Å². The number of furan rings is 1. The fourth-order valence-electron chi connectivity index (χ4n) is 1.87. The summed E-state index contributed by atoms with van der Waals surface area (Å²) in [4.78, 5) is 10.1. The molecule has 0 aliphatic rings. The molecule has 0 bridgehead atoms. The number of nitro groups is 1. The predicted octanol–water partition coefficient (Wildman–Crippen LogP) is 3.37. The van der Waals surface area contributed by atoms with Crippen LogP contribution in [-0.2, 0) is 12.6 Å². The summed E-state index contributed by atoms with van der Waals surface area (Å²) >= 11 is 0. The highest BCUT2D eigenvalue weighted by molar-refractivity contribution is 5.70. The largest absolute Gasteiger partial charge is 0.461 e. The van der Waals surface area contributed by atoms with Gasteiger partial charge in [-0.15, -0.1) is 0 Å². The summed E-state index contributed by atoms with van der Waals surface area (Å²) in [5.74, 6) is 0.653. The normalized spacial score (nSPS) is 11.6. The van der Waals surface area contributed by atoms with Gasteiger partial charge in [-0.1, -0.05) is 0 Å². The van der Waals surface area contributed by atoms with Crippen molar-refractivity contribution in [1.29, 1.82) is 0 Å². The maximum absolute atomic E-state index is 12.6. The molecule has 0 amide bonds. The van der Waals surface area contributed by atoms with Crippen LogP contribution in [0.1, 0.15) is 11.3 Å². The number of rotatable bonds is 4. The zero-order valence-corrected chi connectivity index (χ0v) is 10.7. The third-order valence-electron chi connectivity index (χ3n) is 2.84. The number of nitrogens with two attached hydrogens (primary N) is 1. The van der Waals surface area contributed by atoms with Crippen LogP contribution in [0, 0.1) is 10.1 Å². The molecule has 0 unspecified atom stereocenters. The van der Waals surface area contributed by atoms with Gasteiger partial charge in [-0.05, 0) is 30.8 Å². The molecule has 0 fully saturated rings. The van der Waals surface area contributed by atoms with Gasteiger partial charge in [0.1, 0.15) is 11.5 Å². The van der Waals surface area contributed by atoms with E-state index in [-0.39, 0.29) is 11.3 Å². The second kappa shape index (κ2) is 5.57. The predicted molar refractivity (Wildman–Crippen MR) is 68.6 cm³/mol. The molecular weight excluding hydrogens is 289 g/mol. The second-order valence-electron chi connectivity index (χ2n) is 4.29. The Kier molecular flexibility index (Phi) is 3.99. The van der Waals surface area contributed by atoms with Crippen molar-refractivity contribution in [1.82, 2.24) is 0 Å². The average Bonchev–Trinajstić information content (AvgIpc) is 2.86. The highest BCUT2D eigenvalue weighted by Gasteiger charge is 2.33. The highest BCUT2D eigenvalue weighted by Crippen LogP contribution is 2.37. The zero-order valence-electron chi connectivity index (χ0n) is 10.7. The Morgan fingerprint density at radius 3 is 2.52 bits per heavy atom. The highest BCUT2D eigenvalue weighted by atomic mass is 19.4. The first-order valence-corrected chi connectivity index (χ1v) is 5.97. The lowest BCUT2D eigenvalue weighted by Gasteiger charge is -2.07. The molecule has 0 spiro atoms. The first-order valence-electron chi connectivity index (χ1n) is 5.97. The fourth-order valence-corrected chi connectivity index (χ4v) is 1.87. The molecule has 0 radical (unpaired) electrons. The Bertz CT molecular complexity index is 665. The zero-order chi connectivity index (χ0) is 15.6. The van der Waals surface area contributed by atoms with E-state index < -0.39 is 22.4 Å². The Morgan fingerprint density at radius 1 is 1.24 bits per heavy atom. The van der Waals surface area contributed by atoms with Gasteiger partial charge in [0.15, 0.2) is 0 Å². The van der Waals surface area contributed by atoms with E-state index in [0.29, 0.717) is 24.8 Å². The van der Waals surface area contributed by atoms with E-state index in [4.69, 9.17) is 10.2 Å². The summed E-state index contributed by atoms with van der Waals surface area (Å²) < 4.78 is 43.2. The standard InChI is InChI=1S/C13H11F3N2O3/c14-13(15,16)8-1-3-10(11(7-8)18(19)20)12-4-2-9(21-12)5-6-17/h1-4,7H,5-6,17H2. The molecule has 2 rings (SSSR count). The number of hydrogen-bond donors (Lipinski definition) is 1. The third kappa shape index (κ3) is 3.22. The Hall–Kier alpha value is -2.35. The molecule has 21 heavy (non-hydrogen) atoms. The van der Waals surface area contributed by atoms with E-state index in [1.54, 1.807) is 6.07 Å². The van der Waals surface area contributed by atoms with E-state index in [0.717, 1.165) is 12.1 Å². The van der Waals surface area contributed by atoms with Gasteiger partial charge in [0, 0.05) is 12.5 Å². The van der Waals surface area contributed by atoms with Gasteiger partial charge in [-0.25, -0.2) is 0 Å². The van der Waals surface area contributed by atoms with Crippen molar-refractivity contribution in [3.05, 3.63) is 51.8 Å². The van der Waals surface area contributed by atoms with Crippen LogP contribution in [0.3, 0.4) is 0 Å². The topological polar surface area (TPSA) is 82.3 Å². The minimum atomic E-state index is -4.64. The number of nitrogens with zero attached hydrogens (tertiary/aromatic N) is 1. The molecule has 0 saturated carbocycles. The van der Waals surface area contributed by atoms with Crippen molar-refractivity contribution in [3.63, 3.8) is 0 Å². The quantitative estimate of drug-likeness (QED) is 0.693. The van der Waals surface area contributed by atoms with Gasteiger partial charge < -0.3 is 10.2 Å². The first kappa shape index (κ1) is 15.0. The van der Waals surface area contributed by atoms with Gasteiger partial charge >= 0.3 is 6.18 Å². The number of alkyl halides is 3. The molecule has 2 aromatic rings. The van der Waals surface area contributed by atoms with Crippen molar-refractivity contribution < 1.29 is 22.5 Å². The van der Waals surface area contributed by atoms with Crippen LogP contribution in [0.15, 0.2) is 34.7 Å². The number of nitro benzene ring substituents is 1. The van der Waals surface area contributed by atoms with Gasteiger partial charge in [-0.3, -0.25) is 10.1 Å². The van der Waals surface area contributed by atoms with E-state index in [1.165, 1.54) is 6.07 Å². The Balaban J connectivity index is 2.49. The summed E-state index contributed by atoms with van der Waals surface area (Å²) in [7, 11) is 0. The summed E-state index contributed by atoms with van der Waals surface area (Å²) in [5.41, 5.74) is 3.63. The molecule has 2 N–H and O–H groups in total. The maximum atomic E-state index is 12.6. The molecule has 0 aliphatic carbocycles. The Labute approximate surface area is 117 Å². The van der Waals surface area contributed by atoms with Crippen LogP contribution >= 0.6 is 0 Å². The van der Waals surface area contributed by atoms with Crippen LogP contribution in [0.4, 0.5) is 18.9 Å². The maximum Gasteiger partial charge on any atom is 0.416 e. The lowest BCUT2D eigenvalue weighted by Crippen LogP contribution is -2.06. The first-order chi connectivity index (χ1) is 9.82. The smallest absolute Gasteiger partial charge is 0.416 e. The van der Waals surface area contributed by atoms with Crippen LogP contribution < -0.4 is 5.73 Å². The van der Waals surface area contributed by atoms with Crippen LogP contribution in [0.5, 0.6) is 0 Å². The molecule has 8 heteroatoms. The molecule has 0 aliphatic heterocycles. The minimum Gasteiger partial charge on any atom is -0.461 e. The molecule has 0 saturated heterocycles. The molecule has 1 aromatic heterocycles. The summed E-state index contributed by atoms with van der Waals surface area (Å²) in [6.07, 6.45) is -4.20. The monoisotopic (exact) mass is 300 g/mol. The van der Waals surface area contributed by atoms with Gasteiger partial charge in [0.05, 0.1) is 16.1 Å². The lowest BCUT2D eigenvalue weighted by atomic mass is 10.1. The summed E-state index contributed by atoms with van der Waals surface area (Å²) in [6.45, 7) is 0.335. The molecule has 5 nitrogen and oxygen atoms in total. The molecule has 1 aromatic carbocycles. The van der Waals surface area contributed by atoms with Crippen LogP contribution in [0.25, 0.3) is 11.3 Å². The number of hydrogen-bond acceptors (Lipinski definition) is 4. The fraction of sp³-hybridized carbons (Fsp3) is 0.231. The van der Waals surface area contributed by atoms with Crippen LogP contribution in [0.2, 0.25) is 0 Å². The van der Waals surface area contributed by atoms with E-state index in [2.05, 4.69) is 0 Å². The summed E-state index contributed by atoms with van der Waals surface area (Å²) in [6, 6.07) is 5.38. The van der Waals surface area contributed by atoms with Crippen molar-refractivity contribution in [3.8, 4) is 11.3 Å². The van der Waals surface area contributed by atoms with Crippen molar-refractivity contribution >= 4 is 5.69 Å². The minimum absolute atomic E-state index is 0.00345. The van der Waals surface area contributed by atoms with E-state index >= 15 is 0 Å². The lowest BCUT2D eigenvalue weighted by molar-refractivity contribution is -0.384. The Morgan fingerprint density at radius 2 is 1.95 bits per heavy atom. The second-order valence-corrected chi connectivity index (χ2v) is 4.29. The molecule has 112 valence electrons. The van der Waals surface area contributed by atoms with E-state index in [9.17, 15) is 23.3 Å². The van der Waals surface area contributed by atoms with Gasteiger partial charge in [-0.2, -0.15) is 13.2 Å². The number of halogens is 3. The van der Waals surface area contributed by atoms with Crippen molar-refractivity contribution in [2.45, 2.75) is 12.6 Å². The average molecular weight is 300 g/mol. The molecule has 1 heterocycles. The van der Waals surface area contributed by atoms with Gasteiger partial charge in [0.2, 0.25) is 0 Å². The van der Waals surface area contributed by atoms with Gasteiger partial charge in [0.25, 0.3) is 5.69 Å². The molecule has 0 atom stereocenters. The third-order valence-corrected chi connectivity index (χ3v) is 2.84. The van der Waals surface area contributed by atoms with E-state index in [1.807, 2.05) is 0 Å². The van der Waals surface area contributed by atoms with Crippen molar-refractivity contribution in [2.24, 2.45) is 5.73 Å². The van der Waals surface area contributed by atoms with Crippen molar-refractivity contribution in [2.75, 3.05) is 6.54 Å².